The van der Waals surface area contributed by atoms with Gasteiger partial charge in [0.15, 0.2) is 0 Å². The maximum atomic E-state index is 2.43. The molecule has 0 saturated carbocycles. The van der Waals surface area contributed by atoms with Crippen molar-refractivity contribution in [2.24, 2.45) is 0 Å². The first-order chi connectivity index (χ1) is 21.8. The Morgan fingerprint density at radius 3 is 1.62 bits per heavy atom. The van der Waals surface area contributed by atoms with Crippen LogP contribution in [0, 0.1) is 6.92 Å². The summed E-state index contributed by atoms with van der Waals surface area (Å²) >= 11 is 0. The van der Waals surface area contributed by atoms with Crippen molar-refractivity contribution in [1.29, 1.82) is 0 Å². The lowest BCUT2D eigenvalue weighted by Gasteiger charge is -2.27. The summed E-state index contributed by atoms with van der Waals surface area (Å²) < 4.78 is 0. The molecule has 0 heterocycles. The quantitative estimate of drug-likeness (QED) is 0.180. The molecule has 0 amide bonds. The van der Waals surface area contributed by atoms with E-state index in [9.17, 15) is 0 Å². The standard InChI is InChI=1S/C45H36/c1-27-24-25-31-36(26-27)41(34-19-13-23-39-42(34)33-17-9-11-22-38(33)44(39,2)3)30-16-7-6-15-29(30)40(31)35-20-12-18-32-28-14-8-10-21-37(28)45(4,5)43(32)35/h6-26H,1-5H3. The van der Waals surface area contributed by atoms with Gasteiger partial charge >= 0.3 is 0 Å². The van der Waals surface area contributed by atoms with Crippen LogP contribution in [0.2, 0.25) is 0 Å². The second-order valence-electron chi connectivity index (χ2n) is 14.1. The monoisotopic (exact) mass is 576 g/mol. The molecule has 0 nitrogen and oxygen atoms in total. The van der Waals surface area contributed by atoms with E-state index in [0.717, 1.165) is 0 Å². The fourth-order valence-corrected chi connectivity index (χ4v) is 8.89. The molecule has 0 unspecified atom stereocenters. The second-order valence-corrected chi connectivity index (χ2v) is 14.1. The van der Waals surface area contributed by atoms with E-state index in [4.69, 9.17) is 0 Å². The van der Waals surface area contributed by atoms with Gasteiger partial charge in [-0.3, -0.25) is 0 Å². The highest BCUT2D eigenvalue weighted by Gasteiger charge is 2.39. The summed E-state index contributed by atoms with van der Waals surface area (Å²) in [5, 5.41) is 5.27. The molecule has 2 aliphatic rings. The molecule has 0 aliphatic heterocycles. The van der Waals surface area contributed by atoms with Crippen molar-refractivity contribution in [2.45, 2.75) is 45.4 Å². The summed E-state index contributed by atoms with van der Waals surface area (Å²) in [6.07, 6.45) is 0. The van der Waals surface area contributed by atoms with Gasteiger partial charge in [0, 0.05) is 10.8 Å². The minimum atomic E-state index is -0.102. The van der Waals surface area contributed by atoms with Crippen molar-refractivity contribution in [3.8, 4) is 44.5 Å². The number of aryl methyl sites for hydroxylation is 1. The van der Waals surface area contributed by atoms with E-state index in [2.05, 4.69) is 162 Å². The molecule has 45 heavy (non-hydrogen) atoms. The second kappa shape index (κ2) is 9.05. The summed E-state index contributed by atoms with van der Waals surface area (Å²) in [6, 6.07) is 48.2. The van der Waals surface area contributed by atoms with Crippen molar-refractivity contribution in [3.63, 3.8) is 0 Å². The van der Waals surface area contributed by atoms with Crippen LogP contribution in [-0.4, -0.2) is 0 Å². The normalized spacial score (nSPS) is 15.1. The van der Waals surface area contributed by atoms with Crippen LogP contribution in [0.4, 0.5) is 0 Å². The summed E-state index contributed by atoms with van der Waals surface area (Å²) in [4.78, 5) is 0. The largest absolute Gasteiger partial charge is 0.0619 e. The van der Waals surface area contributed by atoms with Crippen molar-refractivity contribution in [1.82, 2.24) is 0 Å². The van der Waals surface area contributed by atoms with Gasteiger partial charge in [0.25, 0.3) is 0 Å². The first-order valence-electron chi connectivity index (χ1n) is 16.2. The molecule has 9 rings (SSSR count). The fraction of sp³-hybridized carbons (Fsp3) is 0.156. The van der Waals surface area contributed by atoms with Crippen molar-refractivity contribution >= 4 is 21.5 Å². The van der Waals surface area contributed by atoms with Gasteiger partial charge in [-0.15, -0.1) is 0 Å². The third-order valence-electron chi connectivity index (χ3n) is 10.9. The lowest BCUT2D eigenvalue weighted by atomic mass is 9.76. The average molecular weight is 577 g/mol. The van der Waals surface area contributed by atoms with Crippen LogP contribution in [0.3, 0.4) is 0 Å². The smallest absolute Gasteiger partial charge is 0.0165 e. The van der Waals surface area contributed by atoms with E-state index in [1.807, 2.05) is 0 Å². The molecular weight excluding hydrogens is 540 g/mol. The van der Waals surface area contributed by atoms with E-state index in [1.54, 1.807) is 0 Å². The number of hydrogen-bond acceptors (Lipinski definition) is 0. The van der Waals surface area contributed by atoms with E-state index < -0.39 is 0 Å². The maximum Gasteiger partial charge on any atom is 0.0165 e. The van der Waals surface area contributed by atoms with E-state index in [1.165, 1.54) is 93.9 Å². The fourth-order valence-electron chi connectivity index (χ4n) is 8.89. The predicted molar refractivity (Wildman–Crippen MR) is 192 cm³/mol. The van der Waals surface area contributed by atoms with Gasteiger partial charge in [-0.1, -0.05) is 161 Å². The lowest BCUT2D eigenvalue weighted by molar-refractivity contribution is 0.660. The molecule has 2 aliphatic carbocycles. The zero-order valence-corrected chi connectivity index (χ0v) is 26.6. The van der Waals surface area contributed by atoms with E-state index in [-0.39, 0.29) is 10.8 Å². The SMILES string of the molecule is Cc1ccc2c(-c3cccc4c3C(C)(C)c3ccccc3-4)c3ccccc3c(-c3cccc4c3-c3ccccc3C4(C)C)c2c1. The summed E-state index contributed by atoms with van der Waals surface area (Å²) in [5.74, 6) is 0. The Morgan fingerprint density at radius 1 is 0.356 bits per heavy atom. The molecule has 0 spiro atoms. The first-order valence-corrected chi connectivity index (χ1v) is 16.2. The summed E-state index contributed by atoms with van der Waals surface area (Å²) in [7, 11) is 0. The predicted octanol–water partition coefficient (Wildman–Crippen LogP) is 12.2. The maximum absolute atomic E-state index is 2.43. The third kappa shape index (κ3) is 3.43. The molecule has 0 saturated heterocycles. The minimum Gasteiger partial charge on any atom is -0.0619 e. The van der Waals surface area contributed by atoms with E-state index >= 15 is 0 Å². The zero-order chi connectivity index (χ0) is 30.7. The van der Waals surface area contributed by atoms with Gasteiger partial charge in [0.2, 0.25) is 0 Å². The van der Waals surface area contributed by atoms with Crippen molar-refractivity contribution < 1.29 is 0 Å². The molecule has 0 heteroatoms. The molecule has 7 aromatic rings. The van der Waals surface area contributed by atoms with Gasteiger partial charge in [0.05, 0.1) is 0 Å². The molecule has 7 aromatic carbocycles. The Morgan fingerprint density at radius 2 is 0.867 bits per heavy atom. The summed E-state index contributed by atoms with van der Waals surface area (Å²) in [5.41, 5.74) is 17.6. The first kappa shape index (κ1) is 26.5. The Bertz CT molecular complexity index is 2380. The van der Waals surface area contributed by atoms with Crippen LogP contribution in [0.25, 0.3) is 66.1 Å². The van der Waals surface area contributed by atoms with Crippen LogP contribution >= 0.6 is 0 Å². The van der Waals surface area contributed by atoms with Crippen LogP contribution in [0.5, 0.6) is 0 Å². The van der Waals surface area contributed by atoms with Crippen molar-refractivity contribution in [2.75, 3.05) is 0 Å². The van der Waals surface area contributed by atoms with Gasteiger partial charge in [-0.2, -0.15) is 0 Å². The number of benzene rings is 7. The van der Waals surface area contributed by atoms with Crippen molar-refractivity contribution in [3.05, 3.63) is 155 Å². The Kier molecular flexibility index (Phi) is 5.32. The Labute approximate surface area is 266 Å². The Hall–Kier alpha value is -4.94. The lowest BCUT2D eigenvalue weighted by Crippen LogP contribution is -2.16. The molecule has 0 radical (unpaired) electrons. The van der Waals surface area contributed by atoms with Gasteiger partial charge in [-0.05, 0) is 95.2 Å². The summed E-state index contributed by atoms with van der Waals surface area (Å²) in [6.45, 7) is 11.8. The number of hydrogen-bond donors (Lipinski definition) is 0. The average Bonchev–Trinajstić information content (AvgIpc) is 3.44. The Balaban J connectivity index is 1.44. The van der Waals surface area contributed by atoms with Crippen LogP contribution < -0.4 is 0 Å². The molecule has 0 aromatic heterocycles. The van der Waals surface area contributed by atoms with Crippen LogP contribution in [0.1, 0.15) is 55.5 Å². The third-order valence-corrected chi connectivity index (χ3v) is 10.9. The zero-order valence-electron chi connectivity index (χ0n) is 26.6. The highest BCUT2D eigenvalue weighted by Crippen LogP contribution is 2.57. The number of fused-ring (bicyclic) bond motifs is 8. The molecule has 0 N–H and O–H groups in total. The highest BCUT2D eigenvalue weighted by molar-refractivity contribution is 6.23. The molecular formula is C45H36. The number of rotatable bonds is 2. The molecule has 0 bridgehead atoms. The topological polar surface area (TPSA) is 0 Å². The van der Waals surface area contributed by atoms with Gasteiger partial charge in [-0.25, -0.2) is 0 Å². The van der Waals surface area contributed by atoms with Gasteiger partial charge in [0.1, 0.15) is 0 Å². The van der Waals surface area contributed by atoms with Crippen LogP contribution in [-0.2, 0) is 10.8 Å². The van der Waals surface area contributed by atoms with Gasteiger partial charge < -0.3 is 0 Å². The van der Waals surface area contributed by atoms with Crippen LogP contribution in [0.15, 0.2) is 127 Å². The molecule has 216 valence electrons. The minimum absolute atomic E-state index is 0.0470. The van der Waals surface area contributed by atoms with E-state index in [0.29, 0.717) is 0 Å². The molecule has 0 fully saturated rings. The molecule has 0 atom stereocenters. The highest BCUT2D eigenvalue weighted by atomic mass is 14.4.